The SMILES string of the molecule is CC1CN=C(NCc2ccc(N3CCOCC3)nc2)N1. The molecule has 3 rings (SSSR count). The second-order valence-corrected chi connectivity index (χ2v) is 5.21. The molecule has 1 aromatic heterocycles. The van der Waals surface area contributed by atoms with Gasteiger partial charge in [-0.1, -0.05) is 6.07 Å². The standard InChI is InChI=1S/C14H21N5O/c1-11-8-16-14(18-11)17-10-12-2-3-13(15-9-12)19-4-6-20-7-5-19/h2-3,9,11H,4-8,10H2,1H3,(H2,16,17,18). The molecule has 0 bridgehead atoms. The molecule has 1 unspecified atom stereocenters. The Balaban J connectivity index is 1.53. The van der Waals surface area contributed by atoms with Crippen LogP contribution in [0, 0.1) is 0 Å². The van der Waals surface area contributed by atoms with Crippen molar-refractivity contribution in [3.05, 3.63) is 23.9 Å². The van der Waals surface area contributed by atoms with Crippen LogP contribution in [0.3, 0.4) is 0 Å². The molecule has 6 heteroatoms. The molecular weight excluding hydrogens is 254 g/mol. The van der Waals surface area contributed by atoms with Crippen LogP contribution in [0.1, 0.15) is 12.5 Å². The highest BCUT2D eigenvalue weighted by molar-refractivity contribution is 5.81. The Labute approximate surface area is 119 Å². The smallest absolute Gasteiger partial charge is 0.191 e. The molecule has 0 amide bonds. The van der Waals surface area contributed by atoms with E-state index in [0.29, 0.717) is 6.04 Å². The Kier molecular flexibility index (Phi) is 4.01. The largest absolute Gasteiger partial charge is 0.378 e. The molecule has 1 aromatic rings. The number of nitrogens with zero attached hydrogens (tertiary/aromatic N) is 3. The van der Waals surface area contributed by atoms with Crippen molar-refractivity contribution in [2.45, 2.75) is 19.5 Å². The van der Waals surface area contributed by atoms with Gasteiger partial charge in [-0.3, -0.25) is 4.99 Å². The third kappa shape index (κ3) is 3.19. The van der Waals surface area contributed by atoms with Crippen LogP contribution < -0.4 is 15.5 Å². The summed E-state index contributed by atoms with van der Waals surface area (Å²) in [6.07, 6.45) is 1.93. The fourth-order valence-electron chi connectivity index (χ4n) is 2.35. The van der Waals surface area contributed by atoms with Gasteiger partial charge in [0, 0.05) is 31.9 Å². The predicted molar refractivity (Wildman–Crippen MR) is 79.0 cm³/mol. The summed E-state index contributed by atoms with van der Waals surface area (Å²) in [5.41, 5.74) is 1.16. The van der Waals surface area contributed by atoms with Crippen molar-refractivity contribution in [3.63, 3.8) is 0 Å². The summed E-state index contributed by atoms with van der Waals surface area (Å²) in [6.45, 7) is 7.12. The van der Waals surface area contributed by atoms with Crippen LogP contribution in [-0.2, 0) is 11.3 Å². The summed E-state index contributed by atoms with van der Waals surface area (Å²) < 4.78 is 5.35. The number of ether oxygens (including phenoxy) is 1. The zero-order valence-electron chi connectivity index (χ0n) is 11.8. The molecule has 1 saturated heterocycles. The van der Waals surface area contributed by atoms with Gasteiger partial charge in [-0.15, -0.1) is 0 Å². The number of rotatable bonds is 3. The first kappa shape index (κ1) is 13.2. The molecule has 108 valence electrons. The Hall–Kier alpha value is -1.82. The van der Waals surface area contributed by atoms with Gasteiger partial charge in [0.25, 0.3) is 0 Å². The van der Waals surface area contributed by atoms with Crippen LogP contribution in [0.5, 0.6) is 0 Å². The monoisotopic (exact) mass is 275 g/mol. The molecule has 1 atom stereocenters. The maximum atomic E-state index is 5.35. The zero-order chi connectivity index (χ0) is 13.8. The maximum absolute atomic E-state index is 5.35. The van der Waals surface area contributed by atoms with Crippen molar-refractivity contribution in [2.75, 3.05) is 37.7 Å². The van der Waals surface area contributed by atoms with Crippen LogP contribution in [-0.4, -0.2) is 49.8 Å². The molecule has 1 fully saturated rings. The van der Waals surface area contributed by atoms with Crippen LogP contribution in [0.4, 0.5) is 5.82 Å². The summed E-state index contributed by atoms with van der Waals surface area (Å²) in [5.74, 6) is 1.91. The molecular formula is C14H21N5O. The predicted octanol–water partition coefficient (Wildman–Crippen LogP) is 0.356. The number of guanidine groups is 1. The van der Waals surface area contributed by atoms with Gasteiger partial charge in [0.05, 0.1) is 19.8 Å². The number of pyridine rings is 1. The lowest BCUT2D eigenvalue weighted by molar-refractivity contribution is 0.122. The van der Waals surface area contributed by atoms with Crippen molar-refractivity contribution >= 4 is 11.8 Å². The van der Waals surface area contributed by atoms with Crippen LogP contribution >= 0.6 is 0 Å². The van der Waals surface area contributed by atoms with Gasteiger partial charge in [0.15, 0.2) is 5.96 Å². The summed E-state index contributed by atoms with van der Waals surface area (Å²) in [7, 11) is 0. The molecule has 0 aromatic carbocycles. The Morgan fingerprint density at radius 3 is 2.90 bits per heavy atom. The third-order valence-electron chi connectivity index (χ3n) is 3.51. The van der Waals surface area contributed by atoms with E-state index in [2.05, 4.69) is 44.6 Å². The first-order valence-corrected chi connectivity index (χ1v) is 7.14. The molecule has 2 N–H and O–H groups in total. The van der Waals surface area contributed by atoms with E-state index in [1.165, 1.54) is 0 Å². The van der Waals surface area contributed by atoms with Gasteiger partial charge in [-0.2, -0.15) is 0 Å². The van der Waals surface area contributed by atoms with E-state index in [4.69, 9.17) is 4.74 Å². The summed E-state index contributed by atoms with van der Waals surface area (Å²) in [4.78, 5) is 11.2. The molecule has 0 spiro atoms. The molecule has 3 heterocycles. The molecule has 2 aliphatic heterocycles. The average molecular weight is 275 g/mol. The van der Waals surface area contributed by atoms with Crippen molar-refractivity contribution in [3.8, 4) is 0 Å². The fraction of sp³-hybridized carbons (Fsp3) is 0.571. The molecule has 2 aliphatic rings. The topological polar surface area (TPSA) is 61.8 Å². The minimum Gasteiger partial charge on any atom is -0.378 e. The van der Waals surface area contributed by atoms with E-state index in [9.17, 15) is 0 Å². The quantitative estimate of drug-likeness (QED) is 0.834. The maximum Gasteiger partial charge on any atom is 0.191 e. The lowest BCUT2D eigenvalue weighted by atomic mass is 10.2. The number of hydrogen-bond acceptors (Lipinski definition) is 6. The van der Waals surface area contributed by atoms with E-state index in [1.54, 1.807) is 0 Å². The fourth-order valence-corrected chi connectivity index (χ4v) is 2.35. The minimum absolute atomic E-state index is 0.430. The lowest BCUT2D eigenvalue weighted by Gasteiger charge is -2.27. The second-order valence-electron chi connectivity index (χ2n) is 5.21. The van der Waals surface area contributed by atoms with Crippen molar-refractivity contribution in [2.24, 2.45) is 4.99 Å². The van der Waals surface area contributed by atoms with Crippen LogP contribution in [0.2, 0.25) is 0 Å². The summed E-state index contributed by atoms with van der Waals surface area (Å²) >= 11 is 0. The normalized spacial score (nSPS) is 22.4. The van der Waals surface area contributed by atoms with Crippen molar-refractivity contribution in [1.29, 1.82) is 0 Å². The van der Waals surface area contributed by atoms with Crippen molar-refractivity contribution in [1.82, 2.24) is 15.6 Å². The van der Waals surface area contributed by atoms with Gasteiger partial charge < -0.3 is 20.3 Å². The van der Waals surface area contributed by atoms with Gasteiger partial charge in [0.1, 0.15) is 5.82 Å². The first-order valence-electron chi connectivity index (χ1n) is 7.14. The van der Waals surface area contributed by atoms with E-state index >= 15 is 0 Å². The first-order chi connectivity index (χ1) is 9.81. The van der Waals surface area contributed by atoms with Crippen LogP contribution in [0.25, 0.3) is 0 Å². The number of nitrogens with one attached hydrogen (secondary N) is 2. The Bertz CT molecular complexity index is 467. The molecule has 0 aliphatic carbocycles. The highest BCUT2D eigenvalue weighted by Gasteiger charge is 2.13. The molecule has 0 radical (unpaired) electrons. The number of aromatic nitrogens is 1. The van der Waals surface area contributed by atoms with Crippen molar-refractivity contribution < 1.29 is 4.74 Å². The molecule has 0 saturated carbocycles. The van der Waals surface area contributed by atoms with Gasteiger partial charge >= 0.3 is 0 Å². The molecule has 6 nitrogen and oxygen atoms in total. The van der Waals surface area contributed by atoms with E-state index < -0.39 is 0 Å². The zero-order valence-corrected chi connectivity index (χ0v) is 11.8. The highest BCUT2D eigenvalue weighted by Crippen LogP contribution is 2.12. The van der Waals surface area contributed by atoms with Gasteiger partial charge in [-0.05, 0) is 18.6 Å². The minimum atomic E-state index is 0.430. The van der Waals surface area contributed by atoms with Crippen LogP contribution in [0.15, 0.2) is 23.3 Å². The highest BCUT2D eigenvalue weighted by atomic mass is 16.5. The Morgan fingerprint density at radius 1 is 1.40 bits per heavy atom. The van der Waals surface area contributed by atoms with E-state index in [0.717, 1.165) is 56.7 Å². The summed E-state index contributed by atoms with van der Waals surface area (Å²) in [6, 6.07) is 4.62. The molecule has 20 heavy (non-hydrogen) atoms. The average Bonchev–Trinajstić information content (AvgIpc) is 2.92. The summed E-state index contributed by atoms with van der Waals surface area (Å²) in [5, 5.41) is 6.58. The van der Waals surface area contributed by atoms with E-state index in [-0.39, 0.29) is 0 Å². The third-order valence-corrected chi connectivity index (χ3v) is 3.51. The second kappa shape index (κ2) is 6.09. The van der Waals surface area contributed by atoms with Gasteiger partial charge in [0.2, 0.25) is 0 Å². The van der Waals surface area contributed by atoms with E-state index in [1.807, 2.05) is 6.20 Å². The number of morpholine rings is 1. The Morgan fingerprint density at radius 2 is 2.25 bits per heavy atom. The number of aliphatic imine (C=N–C) groups is 1. The lowest BCUT2D eigenvalue weighted by Crippen LogP contribution is -2.37. The number of hydrogen-bond donors (Lipinski definition) is 2. The number of anilines is 1. The van der Waals surface area contributed by atoms with Gasteiger partial charge in [-0.25, -0.2) is 4.98 Å².